The Morgan fingerprint density at radius 3 is 2.50 bits per heavy atom. The summed E-state index contributed by atoms with van der Waals surface area (Å²) in [4.78, 5) is 12.4. The minimum atomic E-state index is -0.448. The number of hydrogen-bond acceptors (Lipinski definition) is 5. The van der Waals surface area contributed by atoms with Crippen LogP contribution in [0.15, 0.2) is 0 Å². The van der Waals surface area contributed by atoms with Crippen LogP contribution in [-0.2, 0) is 19.0 Å². The molecule has 0 aromatic carbocycles. The number of hydrogen-bond donors (Lipinski definition) is 1. The van der Waals surface area contributed by atoms with Gasteiger partial charge in [0.1, 0.15) is 6.10 Å². The normalized spacial score (nSPS) is 58.5. The molecule has 8 unspecified atom stereocenters. The van der Waals surface area contributed by atoms with E-state index in [9.17, 15) is 9.90 Å². The largest absolute Gasteiger partial charge is 0.462 e. The summed E-state index contributed by atoms with van der Waals surface area (Å²) in [6.45, 7) is 11.9. The molecule has 5 heteroatoms. The number of ether oxygens (including phenoxy) is 3. The molecule has 4 aliphatic carbocycles. The monoisotopic (exact) mass is 474 g/mol. The highest BCUT2D eigenvalue weighted by atomic mass is 16.7. The Morgan fingerprint density at radius 1 is 1.00 bits per heavy atom. The highest BCUT2D eigenvalue weighted by Gasteiger charge is 2.72. The van der Waals surface area contributed by atoms with Crippen molar-refractivity contribution in [3.05, 3.63) is 0 Å². The fourth-order valence-electron chi connectivity index (χ4n) is 10.5. The number of aliphatic hydroxyl groups is 1. The average Bonchev–Trinajstić information content (AvgIpc) is 3.23. The third-order valence-electron chi connectivity index (χ3n) is 12.3. The van der Waals surface area contributed by atoms with E-state index in [1.165, 1.54) is 12.8 Å². The Kier molecular flexibility index (Phi) is 5.53. The van der Waals surface area contributed by atoms with Gasteiger partial charge in [0.2, 0.25) is 0 Å². The fraction of sp³-hybridized carbons (Fsp3) is 0.966. The van der Waals surface area contributed by atoms with Gasteiger partial charge < -0.3 is 19.3 Å². The molecule has 6 rings (SSSR count). The van der Waals surface area contributed by atoms with Gasteiger partial charge in [-0.1, -0.05) is 27.7 Å². The van der Waals surface area contributed by atoms with Crippen LogP contribution in [0, 0.1) is 52.3 Å². The molecule has 192 valence electrons. The van der Waals surface area contributed by atoms with Gasteiger partial charge in [0.05, 0.1) is 18.8 Å². The molecule has 6 fully saturated rings. The van der Waals surface area contributed by atoms with E-state index < -0.39 is 5.79 Å². The van der Waals surface area contributed by atoms with E-state index in [2.05, 4.69) is 27.7 Å². The highest BCUT2D eigenvalue weighted by molar-refractivity contribution is 5.66. The van der Waals surface area contributed by atoms with E-state index in [1.54, 1.807) is 6.92 Å². The predicted octanol–water partition coefficient (Wildman–Crippen LogP) is 5.34. The fourth-order valence-corrected chi connectivity index (χ4v) is 10.5. The Balaban J connectivity index is 1.34. The van der Waals surface area contributed by atoms with Crippen molar-refractivity contribution in [1.82, 2.24) is 0 Å². The third kappa shape index (κ3) is 3.18. The van der Waals surface area contributed by atoms with Crippen LogP contribution in [0.4, 0.5) is 0 Å². The first kappa shape index (κ1) is 23.7. The number of rotatable bonds is 1. The molecular formula is C29H46O5. The summed E-state index contributed by atoms with van der Waals surface area (Å²) < 4.78 is 19.7. The van der Waals surface area contributed by atoms with Crippen molar-refractivity contribution in [1.29, 1.82) is 0 Å². The molecule has 0 aromatic heterocycles. The molecule has 0 amide bonds. The van der Waals surface area contributed by atoms with Crippen LogP contribution in [0.3, 0.4) is 0 Å². The van der Waals surface area contributed by atoms with E-state index in [0.29, 0.717) is 41.4 Å². The predicted molar refractivity (Wildman–Crippen MR) is 129 cm³/mol. The Morgan fingerprint density at radius 2 is 1.79 bits per heavy atom. The SMILES string of the molecule is CC(=O)OC1CC2C(CC[C@H]3C[C@@H](O)CC[C@]23C)C2C[C@@H]3OC4(CCC(C)CO4)C(C)C3[C@@]12C. The lowest BCUT2D eigenvalue weighted by Gasteiger charge is -2.62. The van der Waals surface area contributed by atoms with Crippen molar-refractivity contribution in [2.75, 3.05) is 6.61 Å². The van der Waals surface area contributed by atoms with Crippen LogP contribution in [-0.4, -0.2) is 41.8 Å². The summed E-state index contributed by atoms with van der Waals surface area (Å²) in [5.41, 5.74) is 0.181. The second-order valence-electron chi connectivity index (χ2n) is 13.8. The first-order valence-corrected chi connectivity index (χ1v) is 14.3. The second-order valence-corrected chi connectivity index (χ2v) is 13.8. The van der Waals surface area contributed by atoms with Crippen molar-refractivity contribution in [2.24, 2.45) is 52.3 Å². The van der Waals surface area contributed by atoms with Gasteiger partial charge in [-0.25, -0.2) is 0 Å². The van der Waals surface area contributed by atoms with E-state index in [0.717, 1.165) is 51.6 Å². The van der Waals surface area contributed by atoms with Gasteiger partial charge in [-0.15, -0.1) is 0 Å². The molecule has 4 saturated carbocycles. The number of carbonyl (C=O) groups is 1. The van der Waals surface area contributed by atoms with Gasteiger partial charge in [-0.3, -0.25) is 4.79 Å². The van der Waals surface area contributed by atoms with Crippen LogP contribution < -0.4 is 0 Å². The first-order chi connectivity index (χ1) is 16.1. The van der Waals surface area contributed by atoms with Crippen LogP contribution in [0.2, 0.25) is 0 Å². The molecule has 6 aliphatic rings. The van der Waals surface area contributed by atoms with E-state index in [-0.39, 0.29) is 35.1 Å². The number of carbonyl (C=O) groups excluding carboxylic acids is 1. The lowest BCUT2D eigenvalue weighted by atomic mass is 9.43. The number of aliphatic hydroxyl groups excluding tert-OH is 1. The molecule has 0 aromatic rings. The van der Waals surface area contributed by atoms with Crippen LogP contribution in [0.1, 0.15) is 92.4 Å². The first-order valence-electron chi connectivity index (χ1n) is 14.3. The third-order valence-corrected chi connectivity index (χ3v) is 12.3. The zero-order valence-electron chi connectivity index (χ0n) is 21.9. The maximum atomic E-state index is 12.4. The quantitative estimate of drug-likeness (QED) is 0.520. The molecule has 0 radical (unpaired) electrons. The molecule has 34 heavy (non-hydrogen) atoms. The van der Waals surface area contributed by atoms with Crippen LogP contribution in [0.5, 0.6) is 0 Å². The number of fused-ring (bicyclic) bond motifs is 7. The summed E-state index contributed by atoms with van der Waals surface area (Å²) in [5.74, 6) is 3.04. The van der Waals surface area contributed by atoms with E-state index >= 15 is 0 Å². The maximum absolute atomic E-state index is 12.4. The molecule has 1 N–H and O–H groups in total. The molecule has 0 bridgehead atoms. The summed E-state index contributed by atoms with van der Waals surface area (Å²) in [5, 5.41) is 10.4. The standard InChI is InChI=1S/C29H46O5/c1-16-8-11-29(32-15-16)17(2)26-24(34-29)13-23-21-7-6-19-12-20(31)9-10-27(19,4)22(21)14-25(28(23,26)5)33-18(3)30/h16-17,19-26,31H,6-15H2,1-5H3/t16?,17?,19-,20-,21?,22?,23?,24-,25?,26?,27-,28+,29?/m0/s1. The molecule has 13 atom stereocenters. The van der Waals surface area contributed by atoms with Gasteiger partial charge in [0, 0.05) is 30.6 Å². The smallest absolute Gasteiger partial charge is 0.302 e. The van der Waals surface area contributed by atoms with Crippen molar-refractivity contribution in [2.45, 2.75) is 117 Å². The zero-order valence-corrected chi connectivity index (χ0v) is 21.9. The van der Waals surface area contributed by atoms with Gasteiger partial charge in [0.15, 0.2) is 5.79 Å². The molecule has 2 aliphatic heterocycles. The minimum Gasteiger partial charge on any atom is -0.462 e. The summed E-state index contributed by atoms with van der Waals surface area (Å²) >= 11 is 0. The topological polar surface area (TPSA) is 65.0 Å². The molecule has 2 saturated heterocycles. The van der Waals surface area contributed by atoms with Gasteiger partial charge in [-0.2, -0.15) is 0 Å². The number of esters is 1. The Labute approximate surface area is 205 Å². The lowest BCUT2D eigenvalue weighted by Crippen LogP contribution is -2.60. The van der Waals surface area contributed by atoms with Gasteiger partial charge >= 0.3 is 5.97 Å². The van der Waals surface area contributed by atoms with Crippen molar-refractivity contribution < 1.29 is 24.1 Å². The van der Waals surface area contributed by atoms with Crippen molar-refractivity contribution in [3.63, 3.8) is 0 Å². The van der Waals surface area contributed by atoms with Gasteiger partial charge in [-0.05, 0) is 86.4 Å². The van der Waals surface area contributed by atoms with Crippen LogP contribution >= 0.6 is 0 Å². The maximum Gasteiger partial charge on any atom is 0.302 e. The zero-order chi connectivity index (χ0) is 24.0. The summed E-state index contributed by atoms with van der Waals surface area (Å²) in [6, 6.07) is 0. The second kappa shape index (κ2) is 7.92. The lowest BCUT2D eigenvalue weighted by molar-refractivity contribution is -0.274. The summed E-state index contributed by atoms with van der Waals surface area (Å²) in [6.07, 6.45) is 9.65. The molecule has 1 spiro atoms. The summed E-state index contributed by atoms with van der Waals surface area (Å²) in [7, 11) is 0. The molecule has 2 heterocycles. The Bertz CT molecular complexity index is 819. The van der Waals surface area contributed by atoms with Crippen molar-refractivity contribution >= 4 is 5.97 Å². The van der Waals surface area contributed by atoms with Crippen LogP contribution in [0.25, 0.3) is 0 Å². The van der Waals surface area contributed by atoms with Crippen molar-refractivity contribution in [3.8, 4) is 0 Å². The van der Waals surface area contributed by atoms with E-state index in [4.69, 9.17) is 14.2 Å². The average molecular weight is 475 g/mol. The highest BCUT2D eigenvalue weighted by Crippen LogP contribution is 2.71. The minimum absolute atomic E-state index is 0.0580. The Hall–Kier alpha value is -0.650. The molecule has 5 nitrogen and oxygen atoms in total. The molecular weight excluding hydrogens is 428 g/mol. The van der Waals surface area contributed by atoms with Gasteiger partial charge in [0.25, 0.3) is 0 Å². The van der Waals surface area contributed by atoms with E-state index in [1.807, 2.05) is 0 Å².